The van der Waals surface area contributed by atoms with Crippen molar-refractivity contribution in [3.8, 4) is 0 Å². The number of halogens is 2. The predicted octanol–water partition coefficient (Wildman–Crippen LogP) is 3.93. The van der Waals surface area contributed by atoms with E-state index in [-0.39, 0.29) is 11.9 Å². The molecular weight excluding hydrogens is 291 g/mol. The van der Waals surface area contributed by atoms with E-state index in [1.165, 1.54) is 6.07 Å². The Bertz CT molecular complexity index is 336. The van der Waals surface area contributed by atoms with Crippen molar-refractivity contribution in [1.29, 1.82) is 0 Å². The molecule has 1 aromatic heterocycles. The second kappa shape index (κ2) is 7.12. The maximum Gasteiger partial charge on any atom is 0.166 e. The van der Waals surface area contributed by atoms with E-state index in [1.54, 1.807) is 6.20 Å². The van der Waals surface area contributed by atoms with Crippen molar-refractivity contribution >= 4 is 33.5 Å². The molecule has 1 atom stereocenters. The molecule has 0 aliphatic carbocycles. The van der Waals surface area contributed by atoms with Crippen LogP contribution in [0.2, 0.25) is 0 Å². The first kappa shape index (κ1) is 13.8. The van der Waals surface area contributed by atoms with Gasteiger partial charge in [-0.3, -0.25) is 0 Å². The number of anilines is 1. The fourth-order valence-corrected chi connectivity index (χ4v) is 2.34. The van der Waals surface area contributed by atoms with Gasteiger partial charge in [-0.05, 0) is 46.8 Å². The van der Waals surface area contributed by atoms with Crippen LogP contribution < -0.4 is 5.32 Å². The number of aromatic nitrogens is 1. The molecule has 0 radical (unpaired) electrons. The van der Waals surface area contributed by atoms with E-state index in [1.807, 2.05) is 18.7 Å². The van der Waals surface area contributed by atoms with Crippen molar-refractivity contribution < 1.29 is 4.39 Å². The molecule has 0 aliphatic rings. The third-order valence-corrected chi connectivity index (χ3v) is 3.46. The van der Waals surface area contributed by atoms with Crippen LogP contribution in [0.15, 0.2) is 16.7 Å². The smallest absolute Gasteiger partial charge is 0.166 e. The van der Waals surface area contributed by atoms with Gasteiger partial charge >= 0.3 is 0 Å². The van der Waals surface area contributed by atoms with Crippen molar-refractivity contribution in [2.24, 2.45) is 0 Å². The SMILES string of the molecule is CCSCCC(C)Nc1ncc(Br)cc1F. The Balaban J connectivity index is 2.46. The van der Waals surface area contributed by atoms with Crippen molar-refractivity contribution in [2.45, 2.75) is 26.3 Å². The van der Waals surface area contributed by atoms with Crippen LogP contribution in [0.25, 0.3) is 0 Å². The summed E-state index contributed by atoms with van der Waals surface area (Å²) in [7, 11) is 0. The summed E-state index contributed by atoms with van der Waals surface area (Å²) in [6.45, 7) is 4.18. The molecule has 2 nitrogen and oxygen atoms in total. The number of thioether (sulfide) groups is 1. The lowest BCUT2D eigenvalue weighted by Gasteiger charge is -2.14. The van der Waals surface area contributed by atoms with Gasteiger partial charge in [0.2, 0.25) is 0 Å². The van der Waals surface area contributed by atoms with Gasteiger partial charge in [0.15, 0.2) is 11.6 Å². The predicted molar refractivity (Wildman–Crippen MR) is 72.6 cm³/mol. The molecule has 0 aliphatic heterocycles. The lowest BCUT2D eigenvalue weighted by Crippen LogP contribution is -2.17. The van der Waals surface area contributed by atoms with Crippen molar-refractivity contribution in [1.82, 2.24) is 4.98 Å². The van der Waals surface area contributed by atoms with Gasteiger partial charge in [-0.25, -0.2) is 9.37 Å². The van der Waals surface area contributed by atoms with E-state index in [0.717, 1.165) is 17.9 Å². The zero-order valence-electron chi connectivity index (χ0n) is 9.46. The largest absolute Gasteiger partial charge is 0.365 e. The summed E-state index contributed by atoms with van der Waals surface area (Å²) in [4.78, 5) is 4.01. The molecular formula is C11H16BrFN2S. The zero-order chi connectivity index (χ0) is 12.0. The van der Waals surface area contributed by atoms with Crippen molar-refractivity contribution in [3.05, 3.63) is 22.6 Å². The molecule has 16 heavy (non-hydrogen) atoms. The molecule has 1 rings (SSSR count). The van der Waals surface area contributed by atoms with Gasteiger partial charge < -0.3 is 5.32 Å². The average Bonchev–Trinajstić information content (AvgIpc) is 2.23. The normalized spacial score (nSPS) is 12.5. The second-order valence-electron chi connectivity index (χ2n) is 3.51. The summed E-state index contributed by atoms with van der Waals surface area (Å²) in [6.07, 6.45) is 2.61. The number of rotatable bonds is 6. The van der Waals surface area contributed by atoms with Crippen molar-refractivity contribution in [2.75, 3.05) is 16.8 Å². The molecule has 0 aromatic carbocycles. The summed E-state index contributed by atoms with van der Waals surface area (Å²) in [6, 6.07) is 1.66. The van der Waals surface area contributed by atoms with Crippen LogP contribution in [-0.4, -0.2) is 22.5 Å². The molecule has 1 N–H and O–H groups in total. The summed E-state index contributed by atoms with van der Waals surface area (Å²) < 4.78 is 14.1. The molecule has 1 heterocycles. The van der Waals surface area contributed by atoms with Crippen LogP contribution in [0.3, 0.4) is 0 Å². The lowest BCUT2D eigenvalue weighted by molar-refractivity contribution is 0.617. The first-order valence-electron chi connectivity index (χ1n) is 5.28. The van der Waals surface area contributed by atoms with E-state index in [4.69, 9.17) is 0 Å². The molecule has 0 saturated heterocycles. The minimum Gasteiger partial charge on any atom is -0.365 e. The quantitative estimate of drug-likeness (QED) is 0.806. The maximum atomic E-state index is 13.4. The molecule has 0 fully saturated rings. The molecule has 0 amide bonds. The summed E-state index contributed by atoms with van der Waals surface area (Å²) in [5, 5.41) is 3.08. The molecule has 90 valence electrons. The maximum absolute atomic E-state index is 13.4. The minimum absolute atomic E-state index is 0.238. The first-order valence-corrected chi connectivity index (χ1v) is 7.23. The number of nitrogens with zero attached hydrogens (tertiary/aromatic N) is 1. The van der Waals surface area contributed by atoms with Crippen LogP contribution in [0, 0.1) is 5.82 Å². The first-order chi connectivity index (χ1) is 7.63. The summed E-state index contributed by atoms with van der Waals surface area (Å²) in [5.41, 5.74) is 0. The highest BCUT2D eigenvalue weighted by Gasteiger charge is 2.07. The van der Waals surface area contributed by atoms with Crippen LogP contribution in [-0.2, 0) is 0 Å². The van der Waals surface area contributed by atoms with E-state index >= 15 is 0 Å². The Morgan fingerprint density at radius 2 is 2.38 bits per heavy atom. The number of pyridine rings is 1. The van der Waals surface area contributed by atoms with Gasteiger partial charge in [0.1, 0.15) is 0 Å². The monoisotopic (exact) mass is 306 g/mol. The number of hydrogen-bond donors (Lipinski definition) is 1. The van der Waals surface area contributed by atoms with Crippen LogP contribution >= 0.6 is 27.7 Å². The van der Waals surface area contributed by atoms with Crippen LogP contribution in [0.1, 0.15) is 20.3 Å². The minimum atomic E-state index is -0.315. The average molecular weight is 307 g/mol. The van der Waals surface area contributed by atoms with Crippen LogP contribution in [0.4, 0.5) is 10.2 Å². The van der Waals surface area contributed by atoms with Crippen molar-refractivity contribution in [3.63, 3.8) is 0 Å². The highest BCUT2D eigenvalue weighted by atomic mass is 79.9. The zero-order valence-corrected chi connectivity index (χ0v) is 11.9. The van der Waals surface area contributed by atoms with Gasteiger partial charge in [0.25, 0.3) is 0 Å². The molecule has 1 aromatic rings. The Labute approximate surface area is 109 Å². The van der Waals surface area contributed by atoms with Gasteiger partial charge in [-0.2, -0.15) is 11.8 Å². The van der Waals surface area contributed by atoms with E-state index in [9.17, 15) is 4.39 Å². The molecule has 0 saturated carbocycles. The van der Waals surface area contributed by atoms with E-state index < -0.39 is 0 Å². The summed E-state index contributed by atoms with van der Waals surface area (Å²) >= 11 is 5.07. The number of nitrogens with one attached hydrogen (secondary N) is 1. The lowest BCUT2D eigenvalue weighted by atomic mass is 10.2. The second-order valence-corrected chi connectivity index (χ2v) is 5.82. The van der Waals surface area contributed by atoms with Gasteiger partial charge in [-0.1, -0.05) is 6.92 Å². The summed E-state index contributed by atoms with van der Waals surface area (Å²) in [5.74, 6) is 2.22. The van der Waals surface area contributed by atoms with Gasteiger partial charge in [-0.15, -0.1) is 0 Å². The van der Waals surface area contributed by atoms with Gasteiger partial charge in [0.05, 0.1) is 0 Å². The molecule has 1 unspecified atom stereocenters. The molecule has 5 heteroatoms. The van der Waals surface area contributed by atoms with E-state index in [2.05, 4.69) is 33.2 Å². The molecule has 0 bridgehead atoms. The fraction of sp³-hybridized carbons (Fsp3) is 0.545. The highest BCUT2D eigenvalue weighted by Crippen LogP contribution is 2.17. The Morgan fingerprint density at radius 3 is 3.00 bits per heavy atom. The topological polar surface area (TPSA) is 24.9 Å². The van der Waals surface area contributed by atoms with Crippen LogP contribution in [0.5, 0.6) is 0 Å². The Hall–Kier alpha value is -0.290. The third kappa shape index (κ3) is 4.70. The standard InChI is InChI=1S/C11H16BrFN2S/c1-3-16-5-4-8(2)15-11-10(13)6-9(12)7-14-11/h6-8H,3-5H2,1-2H3,(H,14,15). The van der Waals surface area contributed by atoms with E-state index in [0.29, 0.717) is 10.3 Å². The highest BCUT2D eigenvalue weighted by molar-refractivity contribution is 9.10. The third-order valence-electron chi connectivity index (χ3n) is 2.09. The Morgan fingerprint density at radius 1 is 1.62 bits per heavy atom. The molecule has 0 spiro atoms. The number of hydrogen-bond acceptors (Lipinski definition) is 3. The Kier molecular flexibility index (Phi) is 6.13. The fourth-order valence-electron chi connectivity index (χ4n) is 1.23. The van der Waals surface area contributed by atoms with Gasteiger partial charge in [0, 0.05) is 16.7 Å².